The highest BCUT2D eigenvalue weighted by Crippen LogP contribution is 2.48. The Morgan fingerprint density at radius 3 is 0.919 bits per heavy atom. The monoisotopic (exact) mass is 598 g/mol. The van der Waals surface area contributed by atoms with E-state index in [0.717, 1.165) is 17.3 Å². The van der Waals surface area contributed by atoms with Crippen LogP contribution in [0.2, 0.25) is 0 Å². The number of hydrogen-bond acceptors (Lipinski definition) is 6. The average Bonchev–Trinajstić information content (AvgIpc) is 2.87. The maximum Gasteiger partial charge on any atom is 0.336 e. The molecular weight excluding hydrogens is 536 g/mol. The van der Waals surface area contributed by atoms with Crippen LogP contribution in [0.25, 0.3) is 0 Å². The molecule has 0 aliphatic heterocycles. The molecule has 0 spiro atoms. The molecule has 0 fully saturated rings. The number of hydrogen-bond donors (Lipinski definition) is 0. The third-order valence-corrected chi connectivity index (χ3v) is 11.4. The summed E-state index contributed by atoms with van der Waals surface area (Å²) in [5.74, 6) is 3.46. The van der Waals surface area contributed by atoms with Gasteiger partial charge in [0.05, 0.1) is 0 Å². The molecule has 7 heteroatoms. The fourth-order valence-corrected chi connectivity index (χ4v) is 8.27. The summed E-state index contributed by atoms with van der Waals surface area (Å²) in [6.07, 6.45) is 24.1. The van der Waals surface area contributed by atoms with Crippen LogP contribution in [0.4, 0.5) is 0 Å². The van der Waals surface area contributed by atoms with Gasteiger partial charge in [0.2, 0.25) is 0 Å². The maximum absolute atomic E-state index is 6.34. The lowest BCUT2D eigenvalue weighted by molar-refractivity contribution is 0.148. The van der Waals surface area contributed by atoms with Crippen LogP contribution in [0.3, 0.4) is 0 Å². The molecule has 0 aromatic carbocycles. The third kappa shape index (κ3) is 28.7. The van der Waals surface area contributed by atoms with Gasteiger partial charge in [0.25, 0.3) is 0 Å². The van der Waals surface area contributed by atoms with Crippen molar-refractivity contribution >= 4 is 43.9 Å². The van der Waals surface area contributed by atoms with Crippen molar-refractivity contribution in [2.75, 3.05) is 17.3 Å². The first-order chi connectivity index (χ1) is 18.0. The first-order valence-electron chi connectivity index (χ1n) is 15.7. The van der Waals surface area contributed by atoms with Crippen LogP contribution in [0.5, 0.6) is 0 Å². The fraction of sp³-hybridized carbons (Fsp3) is 1.00. The van der Waals surface area contributed by atoms with Gasteiger partial charge in [-0.2, -0.15) is 0 Å². The van der Waals surface area contributed by atoms with Crippen molar-refractivity contribution in [2.45, 2.75) is 173 Å². The number of thioether (sulfide) groups is 3. The van der Waals surface area contributed by atoms with Gasteiger partial charge in [-0.25, -0.2) is 0 Å². The second-order valence-corrected chi connectivity index (χ2v) is 15.5. The molecule has 0 saturated carbocycles. The lowest BCUT2D eigenvalue weighted by Crippen LogP contribution is -2.11. The summed E-state index contributed by atoms with van der Waals surface area (Å²) in [5.41, 5.74) is 0.315. The first kappa shape index (κ1) is 38.4. The Hall–Kier alpha value is 1.36. The highest BCUT2D eigenvalue weighted by molar-refractivity contribution is 8.00. The molecule has 224 valence electrons. The summed E-state index contributed by atoms with van der Waals surface area (Å²) in [6, 6.07) is 0. The minimum absolute atomic E-state index is 0.105. The second-order valence-electron chi connectivity index (χ2n) is 10.2. The number of rotatable bonds is 30. The van der Waals surface area contributed by atoms with E-state index in [2.05, 4.69) is 41.5 Å². The van der Waals surface area contributed by atoms with Crippen molar-refractivity contribution < 1.29 is 13.6 Å². The Morgan fingerprint density at radius 2 is 0.649 bits per heavy atom. The van der Waals surface area contributed by atoms with Crippen LogP contribution in [-0.4, -0.2) is 33.6 Å². The van der Waals surface area contributed by atoms with Crippen LogP contribution in [-0.2, 0) is 13.6 Å². The molecule has 0 aromatic heterocycles. The van der Waals surface area contributed by atoms with Gasteiger partial charge in [-0.1, -0.05) is 117 Å². The molecule has 0 amide bonds. The van der Waals surface area contributed by atoms with E-state index in [1.165, 1.54) is 116 Å². The zero-order valence-electron chi connectivity index (χ0n) is 25.5. The van der Waals surface area contributed by atoms with E-state index in [1.54, 1.807) is 0 Å². The quantitative estimate of drug-likeness (QED) is 0.0464. The largest absolute Gasteiger partial charge is 0.336 e. The standard InChI is InChI=1S/C30H63O3PS3/c1-7-10-13-16-19-22-25-35-28(4)31-34(32-29(5)36-26-23-20-17-14-11-8-2)33-30(6)37-27-24-21-18-15-12-9-3/h28-30H,7-27H2,1-6H3. The van der Waals surface area contributed by atoms with E-state index in [4.69, 9.17) is 13.6 Å². The zero-order valence-corrected chi connectivity index (χ0v) is 28.8. The van der Waals surface area contributed by atoms with E-state index in [0.29, 0.717) is 0 Å². The van der Waals surface area contributed by atoms with Crippen molar-refractivity contribution in [2.24, 2.45) is 0 Å². The van der Waals surface area contributed by atoms with Gasteiger partial charge in [-0.05, 0) is 57.3 Å². The van der Waals surface area contributed by atoms with Gasteiger partial charge in [0, 0.05) is 0 Å². The molecule has 0 aromatic rings. The van der Waals surface area contributed by atoms with Crippen molar-refractivity contribution in [3.8, 4) is 0 Å². The van der Waals surface area contributed by atoms with Gasteiger partial charge in [0.15, 0.2) is 0 Å². The molecule has 0 rings (SSSR count). The fourth-order valence-electron chi connectivity index (χ4n) is 3.92. The number of unbranched alkanes of at least 4 members (excludes halogenated alkanes) is 15. The topological polar surface area (TPSA) is 27.7 Å². The van der Waals surface area contributed by atoms with E-state index in [9.17, 15) is 0 Å². The van der Waals surface area contributed by atoms with Gasteiger partial charge < -0.3 is 0 Å². The van der Waals surface area contributed by atoms with Crippen LogP contribution >= 0.6 is 43.9 Å². The molecule has 0 heterocycles. The second kappa shape index (κ2) is 30.3. The lowest BCUT2D eigenvalue weighted by Gasteiger charge is -2.25. The Morgan fingerprint density at radius 1 is 0.405 bits per heavy atom. The molecule has 0 N–H and O–H groups in total. The minimum Gasteiger partial charge on any atom is -0.298 e. The SMILES string of the molecule is CCCCCCCCSC(C)OP(OC(C)SCCCCCCCC)OC(C)SCCCCCCCC. The smallest absolute Gasteiger partial charge is 0.298 e. The molecule has 0 aliphatic rings. The van der Waals surface area contributed by atoms with Gasteiger partial charge in [-0.15, -0.1) is 35.3 Å². The highest BCUT2D eigenvalue weighted by atomic mass is 32.2. The van der Waals surface area contributed by atoms with Gasteiger partial charge in [0.1, 0.15) is 16.3 Å². The third-order valence-electron chi connectivity index (χ3n) is 6.25. The molecule has 3 atom stereocenters. The molecule has 0 bridgehead atoms. The molecule has 0 aliphatic carbocycles. The van der Waals surface area contributed by atoms with Crippen LogP contribution < -0.4 is 0 Å². The van der Waals surface area contributed by atoms with Crippen molar-refractivity contribution in [3.05, 3.63) is 0 Å². The molecule has 3 unspecified atom stereocenters. The van der Waals surface area contributed by atoms with Crippen LogP contribution in [0.1, 0.15) is 157 Å². The first-order valence-corrected chi connectivity index (χ1v) is 19.9. The predicted molar refractivity (Wildman–Crippen MR) is 176 cm³/mol. The summed E-state index contributed by atoms with van der Waals surface area (Å²) < 4.78 is 19.0. The van der Waals surface area contributed by atoms with Crippen LogP contribution in [0, 0.1) is 0 Å². The molecule has 0 radical (unpaired) electrons. The minimum atomic E-state index is -1.34. The van der Waals surface area contributed by atoms with E-state index in [-0.39, 0.29) is 16.3 Å². The Balaban J connectivity index is 4.37. The summed E-state index contributed by atoms with van der Waals surface area (Å²) in [6.45, 7) is 13.3. The molecular formula is C30H63O3PS3. The summed E-state index contributed by atoms with van der Waals surface area (Å²) >= 11 is 5.71. The predicted octanol–water partition coefficient (Wildman–Crippen LogP) is 12.6. The van der Waals surface area contributed by atoms with Gasteiger partial charge >= 0.3 is 8.60 Å². The molecule has 0 saturated heterocycles. The summed E-state index contributed by atoms with van der Waals surface area (Å²) in [4.78, 5) is 0. The van der Waals surface area contributed by atoms with Crippen molar-refractivity contribution in [3.63, 3.8) is 0 Å². The van der Waals surface area contributed by atoms with Gasteiger partial charge in [-0.3, -0.25) is 13.6 Å². The van der Waals surface area contributed by atoms with E-state index >= 15 is 0 Å². The van der Waals surface area contributed by atoms with Crippen molar-refractivity contribution in [1.82, 2.24) is 0 Å². The molecule has 37 heavy (non-hydrogen) atoms. The highest BCUT2D eigenvalue weighted by Gasteiger charge is 2.23. The lowest BCUT2D eigenvalue weighted by atomic mass is 10.1. The van der Waals surface area contributed by atoms with Crippen molar-refractivity contribution in [1.29, 1.82) is 0 Å². The average molecular weight is 599 g/mol. The Bertz CT molecular complexity index is 386. The molecule has 3 nitrogen and oxygen atoms in total. The summed E-state index contributed by atoms with van der Waals surface area (Å²) in [5, 5.41) is 0. The normalized spacial score (nSPS) is 15.1. The van der Waals surface area contributed by atoms with E-state index in [1.807, 2.05) is 35.3 Å². The maximum atomic E-state index is 6.34. The van der Waals surface area contributed by atoms with Crippen LogP contribution in [0.15, 0.2) is 0 Å². The summed E-state index contributed by atoms with van der Waals surface area (Å²) in [7, 11) is -1.34. The van der Waals surface area contributed by atoms with E-state index < -0.39 is 8.60 Å². The Kier molecular flexibility index (Phi) is 31.4. The zero-order chi connectivity index (χ0) is 27.4. The Labute approximate surface area is 247 Å².